The molecule has 0 bridgehead atoms. The number of fused-ring (bicyclic) bond motifs is 1. The fourth-order valence-electron chi connectivity index (χ4n) is 3.88. The molecular formula is C18H24N4O3S. The molecule has 1 N–H and O–H groups in total. The lowest BCUT2D eigenvalue weighted by atomic mass is 10.1. The van der Waals surface area contributed by atoms with Crippen LogP contribution in [0.3, 0.4) is 0 Å². The number of nitrogens with zero attached hydrogens (tertiary/aromatic N) is 3. The first-order valence-electron chi connectivity index (χ1n) is 8.97. The Morgan fingerprint density at radius 1 is 1.19 bits per heavy atom. The number of anilines is 1. The summed E-state index contributed by atoms with van der Waals surface area (Å²) < 4.78 is 32.4. The topological polar surface area (TPSA) is 78.7 Å². The van der Waals surface area contributed by atoms with Crippen LogP contribution in [-0.4, -0.2) is 55.5 Å². The molecule has 2 aromatic rings. The lowest BCUT2D eigenvalue weighted by Gasteiger charge is -2.34. The van der Waals surface area contributed by atoms with Gasteiger partial charge in [0.1, 0.15) is 10.6 Å². The zero-order chi connectivity index (χ0) is 18.3. The van der Waals surface area contributed by atoms with Gasteiger partial charge >= 0.3 is 0 Å². The lowest BCUT2D eigenvalue weighted by Crippen LogP contribution is -2.48. The number of piperazine rings is 1. The third kappa shape index (κ3) is 3.02. The second-order valence-electron chi connectivity index (χ2n) is 6.96. The molecule has 7 nitrogen and oxygen atoms in total. The first kappa shape index (κ1) is 17.5. The minimum Gasteiger partial charge on any atom is -0.384 e. The van der Waals surface area contributed by atoms with Crippen LogP contribution in [0.1, 0.15) is 22.6 Å². The van der Waals surface area contributed by atoms with Gasteiger partial charge in [-0.2, -0.15) is 4.31 Å². The Bertz CT molecular complexity index is 895. The molecule has 0 atom stereocenters. The van der Waals surface area contributed by atoms with E-state index in [1.54, 1.807) is 18.2 Å². The van der Waals surface area contributed by atoms with Crippen molar-refractivity contribution in [1.82, 2.24) is 14.4 Å². The van der Waals surface area contributed by atoms with Crippen molar-refractivity contribution >= 4 is 15.7 Å². The molecule has 1 aromatic carbocycles. The Balaban J connectivity index is 1.44. The highest BCUT2D eigenvalue weighted by Crippen LogP contribution is 2.28. The summed E-state index contributed by atoms with van der Waals surface area (Å²) in [6.45, 7) is 7.54. The molecule has 0 aliphatic carbocycles. The molecule has 3 heterocycles. The van der Waals surface area contributed by atoms with Crippen LogP contribution >= 0.6 is 0 Å². The molecule has 4 rings (SSSR count). The fraction of sp³-hybridized carbons (Fsp3) is 0.500. The Kier molecular flexibility index (Phi) is 4.50. The van der Waals surface area contributed by atoms with Crippen molar-refractivity contribution in [3.8, 4) is 0 Å². The van der Waals surface area contributed by atoms with Crippen LogP contribution in [-0.2, 0) is 23.0 Å². The molecule has 1 aromatic heterocycles. The van der Waals surface area contributed by atoms with Crippen molar-refractivity contribution in [3.63, 3.8) is 0 Å². The maximum atomic E-state index is 12.9. The number of nitrogens with one attached hydrogen (secondary N) is 1. The predicted molar refractivity (Wildman–Crippen MR) is 98.6 cm³/mol. The smallest absolute Gasteiger partial charge is 0.248 e. The summed E-state index contributed by atoms with van der Waals surface area (Å²) in [5, 5.41) is 7.26. The summed E-state index contributed by atoms with van der Waals surface area (Å²) in [6, 6.07) is 6.44. The summed E-state index contributed by atoms with van der Waals surface area (Å²) in [6.07, 6.45) is 1.08. The fourth-order valence-corrected chi connectivity index (χ4v) is 5.60. The molecule has 0 radical (unpaired) electrons. The van der Waals surface area contributed by atoms with E-state index in [9.17, 15) is 8.42 Å². The van der Waals surface area contributed by atoms with Gasteiger partial charge in [0.05, 0.1) is 0 Å². The van der Waals surface area contributed by atoms with E-state index in [0.29, 0.717) is 37.6 Å². The van der Waals surface area contributed by atoms with Gasteiger partial charge in [-0.05, 0) is 31.4 Å². The summed E-state index contributed by atoms with van der Waals surface area (Å²) in [7, 11) is -3.55. The number of sulfonamides is 1. The second kappa shape index (κ2) is 6.68. The zero-order valence-electron chi connectivity index (χ0n) is 15.2. The number of hydrogen-bond acceptors (Lipinski definition) is 6. The Morgan fingerprint density at radius 3 is 2.65 bits per heavy atom. The third-order valence-electron chi connectivity index (χ3n) is 5.22. The molecule has 2 aliphatic heterocycles. The number of aromatic nitrogens is 1. The predicted octanol–water partition coefficient (Wildman–Crippen LogP) is 1.77. The summed E-state index contributed by atoms with van der Waals surface area (Å²) in [4.78, 5) is 2.53. The third-order valence-corrected chi connectivity index (χ3v) is 7.37. The van der Waals surface area contributed by atoms with Gasteiger partial charge in [-0.3, -0.25) is 4.90 Å². The average molecular weight is 376 g/mol. The van der Waals surface area contributed by atoms with Gasteiger partial charge < -0.3 is 9.84 Å². The van der Waals surface area contributed by atoms with Crippen molar-refractivity contribution in [2.24, 2.45) is 0 Å². The van der Waals surface area contributed by atoms with Gasteiger partial charge in [-0.1, -0.05) is 23.4 Å². The minimum absolute atomic E-state index is 0.219. The van der Waals surface area contributed by atoms with Crippen LogP contribution in [0.4, 0.5) is 5.69 Å². The molecule has 140 valence electrons. The van der Waals surface area contributed by atoms with Crippen LogP contribution < -0.4 is 5.32 Å². The maximum absolute atomic E-state index is 12.9. The van der Waals surface area contributed by atoms with Crippen LogP contribution in [0.2, 0.25) is 0 Å². The van der Waals surface area contributed by atoms with E-state index < -0.39 is 10.0 Å². The molecule has 0 amide bonds. The lowest BCUT2D eigenvalue weighted by molar-refractivity contribution is 0.181. The van der Waals surface area contributed by atoms with E-state index in [4.69, 9.17) is 4.52 Å². The van der Waals surface area contributed by atoms with Crippen LogP contribution in [0, 0.1) is 13.8 Å². The largest absolute Gasteiger partial charge is 0.384 e. The van der Waals surface area contributed by atoms with E-state index in [2.05, 4.69) is 33.6 Å². The number of benzene rings is 1. The van der Waals surface area contributed by atoms with Crippen molar-refractivity contribution < 1.29 is 12.9 Å². The quantitative estimate of drug-likeness (QED) is 0.876. The Hall–Kier alpha value is -1.90. The van der Waals surface area contributed by atoms with Gasteiger partial charge in [0.25, 0.3) is 0 Å². The van der Waals surface area contributed by atoms with Crippen LogP contribution in [0.25, 0.3) is 0 Å². The van der Waals surface area contributed by atoms with Crippen molar-refractivity contribution in [2.45, 2.75) is 31.7 Å². The first-order valence-corrected chi connectivity index (χ1v) is 10.4. The highest BCUT2D eigenvalue weighted by atomic mass is 32.2. The SMILES string of the molecule is Cc1noc(C)c1S(=O)(=O)N1CCN(Cc2cccc3c2NCC3)CC1. The first-order chi connectivity index (χ1) is 12.5. The Morgan fingerprint density at radius 2 is 1.96 bits per heavy atom. The number of rotatable bonds is 4. The molecular weight excluding hydrogens is 352 g/mol. The monoisotopic (exact) mass is 376 g/mol. The highest BCUT2D eigenvalue weighted by molar-refractivity contribution is 7.89. The molecule has 26 heavy (non-hydrogen) atoms. The molecule has 1 fully saturated rings. The van der Waals surface area contributed by atoms with Gasteiger partial charge in [0.2, 0.25) is 10.0 Å². The van der Waals surface area contributed by atoms with Crippen LogP contribution in [0.15, 0.2) is 27.6 Å². The normalized spacial score (nSPS) is 18.7. The second-order valence-corrected chi connectivity index (χ2v) is 8.84. The molecule has 0 spiro atoms. The maximum Gasteiger partial charge on any atom is 0.248 e. The van der Waals surface area contributed by atoms with Gasteiger partial charge in [0, 0.05) is 45.0 Å². The van der Waals surface area contributed by atoms with E-state index in [0.717, 1.165) is 19.5 Å². The number of para-hydroxylation sites is 1. The van der Waals surface area contributed by atoms with Gasteiger partial charge in [-0.25, -0.2) is 8.42 Å². The van der Waals surface area contributed by atoms with Crippen molar-refractivity contribution in [2.75, 3.05) is 38.0 Å². The zero-order valence-corrected chi connectivity index (χ0v) is 16.0. The van der Waals surface area contributed by atoms with Crippen molar-refractivity contribution in [1.29, 1.82) is 0 Å². The Labute approximate surface area is 154 Å². The van der Waals surface area contributed by atoms with Gasteiger partial charge in [-0.15, -0.1) is 0 Å². The van der Waals surface area contributed by atoms with E-state index >= 15 is 0 Å². The highest BCUT2D eigenvalue weighted by Gasteiger charge is 2.33. The molecule has 0 unspecified atom stereocenters. The molecule has 2 aliphatic rings. The van der Waals surface area contributed by atoms with E-state index in [1.165, 1.54) is 16.8 Å². The van der Waals surface area contributed by atoms with E-state index in [1.807, 2.05) is 0 Å². The van der Waals surface area contributed by atoms with Crippen LogP contribution in [0.5, 0.6) is 0 Å². The standard InChI is InChI=1S/C18H24N4O3S/c1-13-18(14(2)25-20-13)26(23,24)22-10-8-21(9-11-22)12-16-5-3-4-15-6-7-19-17(15)16/h3-5,19H,6-12H2,1-2H3. The summed E-state index contributed by atoms with van der Waals surface area (Å²) in [5.74, 6) is 0.357. The van der Waals surface area contributed by atoms with Crippen molar-refractivity contribution in [3.05, 3.63) is 40.8 Å². The average Bonchev–Trinajstić information content (AvgIpc) is 3.22. The number of aryl methyl sites for hydroxylation is 2. The molecule has 0 saturated carbocycles. The molecule has 8 heteroatoms. The van der Waals surface area contributed by atoms with Gasteiger partial charge in [0.15, 0.2) is 5.76 Å². The van der Waals surface area contributed by atoms with E-state index in [-0.39, 0.29) is 4.90 Å². The minimum atomic E-state index is -3.55. The number of hydrogen-bond donors (Lipinski definition) is 1. The molecule has 1 saturated heterocycles. The summed E-state index contributed by atoms with van der Waals surface area (Å²) in [5.41, 5.74) is 4.36. The summed E-state index contributed by atoms with van der Waals surface area (Å²) >= 11 is 0.